The van der Waals surface area contributed by atoms with Gasteiger partial charge in [0.15, 0.2) is 0 Å². The van der Waals surface area contributed by atoms with Crippen molar-refractivity contribution >= 4 is 17.5 Å². The van der Waals surface area contributed by atoms with Crippen molar-refractivity contribution < 1.29 is 9.21 Å². The molecule has 1 amide bonds. The molecule has 0 spiro atoms. The minimum atomic E-state index is -0.172. The molecule has 7 heteroatoms. The van der Waals surface area contributed by atoms with Gasteiger partial charge in [0.05, 0.1) is 30.6 Å². The van der Waals surface area contributed by atoms with E-state index in [4.69, 9.17) is 16.0 Å². The molecule has 0 fully saturated rings. The largest absolute Gasteiger partial charge is 0.468 e. The van der Waals surface area contributed by atoms with E-state index in [1.54, 1.807) is 23.3 Å². The number of nitrogens with one attached hydrogen (secondary N) is 1. The molecular formula is C19H21ClN4O2. The lowest BCUT2D eigenvalue weighted by atomic mass is 10.2. The number of halogens is 1. The van der Waals surface area contributed by atoms with Gasteiger partial charge in [-0.15, -0.1) is 0 Å². The first-order valence-electron chi connectivity index (χ1n) is 8.28. The maximum absolute atomic E-state index is 12.4. The second kappa shape index (κ2) is 8.21. The number of carbonyl (C=O) groups excluding carboxylic acids is 1. The van der Waals surface area contributed by atoms with Crippen LogP contribution in [0.15, 0.2) is 59.5 Å². The number of rotatable bonds is 7. The lowest BCUT2D eigenvalue weighted by Crippen LogP contribution is -2.34. The van der Waals surface area contributed by atoms with Crippen LogP contribution in [-0.4, -0.2) is 41.2 Å². The van der Waals surface area contributed by atoms with E-state index in [0.717, 1.165) is 11.3 Å². The zero-order chi connectivity index (χ0) is 18.5. The topological polar surface area (TPSA) is 63.3 Å². The summed E-state index contributed by atoms with van der Waals surface area (Å²) < 4.78 is 7.16. The van der Waals surface area contributed by atoms with Crippen LogP contribution in [0.5, 0.6) is 0 Å². The summed E-state index contributed by atoms with van der Waals surface area (Å²) in [7, 11) is 3.89. The molecule has 6 nitrogen and oxygen atoms in total. The van der Waals surface area contributed by atoms with E-state index in [2.05, 4.69) is 10.4 Å². The average molecular weight is 373 g/mol. The quantitative estimate of drug-likeness (QED) is 0.691. The second-order valence-electron chi connectivity index (χ2n) is 6.22. The van der Waals surface area contributed by atoms with Gasteiger partial charge in [0, 0.05) is 17.8 Å². The van der Waals surface area contributed by atoms with E-state index in [1.165, 1.54) is 0 Å². The Kier molecular flexibility index (Phi) is 5.75. The van der Waals surface area contributed by atoms with Gasteiger partial charge >= 0.3 is 0 Å². The summed E-state index contributed by atoms with van der Waals surface area (Å²) in [4.78, 5) is 14.4. The summed E-state index contributed by atoms with van der Waals surface area (Å²) in [5, 5.41) is 7.87. The molecular weight excluding hydrogens is 352 g/mol. The van der Waals surface area contributed by atoms with Gasteiger partial charge in [-0.05, 0) is 37.9 Å². The summed E-state index contributed by atoms with van der Waals surface area (Å²) in [5.74, 6) is 0.638. The third-order valence-corrected chi connectivity index (χ3v) is 4.51. The van der Waals surface area contributed by atoms with E-state index < -0.39 is 0 Å². The second-order valence-corrected chi connectivity index (χ2v) is 6.63. The number of benzene rings is 1. The smallest absolute Gasteiger partial charge is 0.254 e. The maximum Gasteiger partial charge on any atom is 0.254 e. The van der Waals surface area contributed by atoms with Gasteiger partial charge in [0.1, 0.15) is 5.76 Å². The van der Waals surface area contributed by atoms with Gasteiger partial charge in [0.25, 0.3) is 5.91 Å². The Balaban J connectivity index is 1.62. The van der Waals surface area contributed by atoms with Crippen molar-refractivity contribution in [3.63, 3.8) is 0 Å². The zero-order valence-electron chi connectivity index (χ0n) is 14.7. The normalized spacial score (nSPS) is 12.3. The molecule has 2 aromatic heterocycles. The molecule has 136 valence electrons. The number of nitrogens with zero attached hydrogens (tertiary/aromatic N) is 3. The lowest BCUT2D eigenvalue weighted by Gasteiger charge is -2.22. The molecule has 3 aromatic rings. The number of hydrogen-bond acceptors (Lipinski definition) is 4. The molecule has 2 heterocycles. The van der Waals surface area contributed by atoms with Crippen molar-refractivity contribution in [2.45, 2.75) is 12.6 Å². The highest BCUT2D eigenvalue weighted by Crippen LogP contribution is 2.18. The van der Waals surface area contributed by atoms with Crippen LogP contribution in [0.3, 0.4) is 0 Å². The van der Waals surface area contributed by atoms with Crippen LogP contribution in [-0.2, 0) is 6.54 Å². The number of carbonyl (C=O) groups is 1. The van der Waals surface area contributed by atoms with Crippen molar-refractivity contribution in [1.29, 1.82) is 0 Å². The van der Waals surface area contributed by atoms with E-state index in [9.17, 15) is 4.79 Å². The van der Waals surface area contributed by atoms with Crippen molar-refractivity contribution in [3.8, 4) is 0 Å². The minimum absolute atomic E-state index is 0.0351. The third kappa shape index (κ3) is 4.33. The average Bonchev–Trinajstić information content (AvgIpc) is 3.29. The highest BCUT2D eigenvalue weighted by molar-refractivity contribution is 6.31. The van der Waals surface area contributed by atoms with Crippen LogP contribution in [0.25, 0.3) is 0 Å². The molecule has 0 saturated heterocycles. The van der Waals surface area contributed by atoms with Gasteiger partial charge in [-0.2, -0.15) is 5.10 Å². The summed E-state index contributed by atoms with van der Waals surface area (Å²) >= 11 is 6.17. The van der Waals surface area contributed by atoms with Gasteiger partial charge in [-0.3, -0.25) is 14.4 Å². The van der Waals surface area contributed by atoms with Crippen LogP contribution in [0.1, 0.15) is 27.7 Å². The first-order valence-corrected chi connectivity index (χ1v) is 8.66. The van der Waals surface area contributed by atoms with Crippen LogP contribution in [0, 0.1) is 0 Å². The predicted octanol–water partition coefficient (Wildman–Crippen LogP) is 3.21. The third-order valence-electron chi connectivity index (χ3n) is 4.14. The van der Waals surface area contributed by atoms with E-state index in [0.29, 0.717) is 23.7 Å². The molecule has 0 saturated carbocycles. The first-order chi connectivity index (χ1) is 12.5. The highest BCUT2D eigenvalue weighted by Gasteiger charge is 2.18. The Morgan fingerprint density at radius 3 is 2.81 bits per heavy atom. The standard InChI is InChI=1S/C19H21ClN4O2/c1-23(2)17(18-8-5-9-26-18)11-21-19(25)15-10-22-24(13-15)12-14-6-3-4-7-16(14)20/h3-10,13,17H,11-12H2,1-2H3,(H,21,25). The van der Waals surface area contributed by atoms with Crippen molar-refractivity contribution in [3.05, 3.63) is 77.0 Å². The van der Waals surface area contributed by atoms with Crippen molar-refractivity contribution in [1.82, 2.24) is 20.0 Å². The molecule has 0 aliphatic rings. The van der Waals surface area contributed by atoms with Crippen LogP contribution in [0.4, 0.5) is 0 Å². The Morgan fingerprint density at radius 2 is 2.12 bits per heavy atom. The van der Waals surface area contributed by atoms with Gasteiger partial charge in [0.2, 0.25) is 0 Å². The fraction of sp³-hybridized carbons (Fsp3) is 0.263. The number of likely N-dealkylation sites (N-methyl/N-ethyl adjacent to an activating group) is 1. The first kappa shape index (κ1) is 18.2. The summed E-state index contributed by atoms with van der Waals surface area (Å²) in [6, 6.07) is 11.3. The molecule has 0 aliphatic heterocycles. The fourth-order valence-electron chi connectivity index (χ4n) is 2.68. The van der Waals surface area contributed by atoms with Crippen LogP contribution in [0.2, 0.25) is 5.02 Å². The van der Waals surface area contributed by atoms with E-state index in [-0.39, 0.29) is 11.9 Å². The van der Waals surface area contributed by atoms with Crippen LogP contribution >= 0.6 is 11.6 Å². The Morgan fingerprint density at radius 1 is 1.31 bits per heavy atom. The summed E-state index contributed by atoms with van der Waals surface area (Å²) in [5.41, 5.74) is 1.46. The molecule has 0 aliphatic carbocycles. The number of amides is 1. The summed E-state index contributed by atoms with van der Waals surface area (Å²) in [6.07, 6.45) is 4.91. The molecule has 0 bridgehead atoms. The Labute approximate surface area is 157 Å². The Hall–Kier alpha value is -2.57. The van der Waals surface area contributed by atoms with Gasteiger partial charge in [-0.1, -0.05) is 29.8 Å². The van der Waals surface area contributed by atoms with Gasteiger partial charge in [-0.25, -0.2) is 0 Å². The van der Waals surface area contributed by atoms with Crippen LogP contribution < -0.4 is 5.32 Å². The highest BCUT2D eigenvalue weighted by atomic mass is 35.5. The number of furan rings is 1. The predicted molar refractivity (Wildman–Crippen MR) is 100 cm³/mol. The molecule has 0 radical (unpaired) electrons. The Bertz CT molecular complexity index is 858. The number of hydrogen-bond donors (Lipinski definition) is 1. The monoisotopic (exact) mass is 372 g/mol. The van der Waals surface area contributed by atoms with E-state index in [1.807, 2.05) is 55.4 Å². The van der Waals surface area contributed by atoms with E-state index >= 15 is 0 Å². The molecule has 1 aromatic carbocycles. The van der Waals surface area contributed by atoms with Crippen molar-refractivity contribution in [2.75, 3.05) is 20.6 Å². The molecule has 1 unspecified atom stereocenters. The maximum atomic E-state index is 12.4. The molecule has 3 rings (SSSR count). The van der Waals surface area contributed by atoms with Gasteiger partial charge < -0.3 is 9.73 Å². The molecule has 26 heavy (non-hydrogen) atoms. The van der Waals surface area contributed by atoms with Crippen molar-refractivity contribution in [2.24, 2.45) is 0 Å². The molecule has 1 atom stereocenters. The lowest BCUT2D eigenvalue weighted by molar-refractivity contribution is 0.0939. The summed E-state index contributed by atoms with van der Waals surface area (Å²) in [6.45, 7) is 0.953. The fourth-order valence-corrected chi connectivity index (χ4v) is 2.87. The molecule has 1 N–H and O–H groups in total. The zero-order valence-corrected chi connectivity index (χ0v) is 15.5. The number of aromatic nitrogens is 2. The minimum Gasteiger partial charge on any atom is -0.468 e. The SMILES string of the molecule is CN(C)C(CNC(=O)c1cnn(Cc2ccccc2Cl)c1)c1ccco1.